The van der Waals surface area contributed by atoms with Crippen molar-refractivity contribution >= 4 is 64.1 Å². The molecule has 0 saturated heterocycles. The number of ether oxygens (including phenoxy) is 3. The van der Waals surface area contributed by atoms with Gasteiger partial charge in [-0.05, 0) is 97.7 Å². The summed E-state index contributed by atoms with van der Waals surface area (Å²) in [7, 11) is 0. The highest BCUT2D eigenvalue weighted by atomic mass is 127. The fourth-order valence-corrected chi connectivity index (χ4v) is 7.08. The van der Waals surface area contributed by atoms with Gasteiger partial charge in [0.15, 0.2) is 11.4 Å². The second-order valence-corrected chi connectivity index (χ2v) is 15.8. The standard InChI is InChI=1S/C41H42Cl2INO7/c1-5-6-7-8-11-20-45-35(47)19-16-26-21-31-38(36(43)37(26)48)51-34-23-33(52-39(49)40(2,3)4)28(25-14-17-27(44)18-15-25)22-30(34)41(31,50-24-46)29-12-9-10-13-32(29)42/h9-10,12-15,17-18,21-24,48H,5-8,11,16,19-20H2,1-4H3,(H,45,47). The summed E-state index contributed by atoms with van der Waals surface area (Å²) in [6.07, 6.45) is 5.61. The SMILES string of the molecule is CCCCCCCNC(=O)CCc1cc2c(c(Cl)c1O)Oc1cc(OC(=O)C(C)(C)C)c(-c3ccc(I)cc3)cc1C2(OC=O)c1ccccc1Cl. The fraction of sp³-hybridized carbons (Fsp3) is 0.341. The third-order valence-corrected chi connectivity index (χ3v) is 10.4. The van der Waals surface area contributed by atoms with Gasteiger partial charge in [0, 0.05) is 49.9 Å². The summed E-state index contributed by atoms with van der Waals surface area (Å²) in [6, 6.07) is 19.5. The molecule has 0 aliphatic carbocycles. The van der Waals surface area contributed by atoms with Gasteiger partial charge >= 0.3 is 5.97 Å². The van der Waals surface area contributed by atoms with Crippen LogP contribution in [0.2, 0.25) is 10.0 Å². The van der Waals surface area contributed by atoms with Crippen molar-refractivity contribution in [1.82, 2.24) is 5.32 Å². The lowest BCUT2D eigenvalue weighted by Crippen LogP contribution is -2.36. The predicted octanol–water partition coefficient (Wildman–Crippen LogP) is 10.5. The maximum atomic E-state index is 13.3. The molecular weight excluding hydrogens is 816 g/mol. The minimum Gasteiger partial charge on any atom is -0.506 e. The van der Waals surface area contributed by atoms with Crippen LogP contribution in [0, 0.1) is 8.99 Å². The molecule has 0 fully saturated rings. The molecule has 1 aliphatic heterocycles. The lowest BCUT2D eigenvalue weighted by molar-refractivity contribution is -0.143. The molecule has 1 unspecified atom stereocenters. The first-order valence-electron chi connectivity index (χ1n) is 17.3. The van der Waals surface area contributed by atoms with E-state index < -0.39 is 17.0 Å². The molecule has 52 heavy (non-hydrogen) atoms. The molecule has 0 saturated carbocycles. The number of phenols is 1. The number of hydrogen-bond acceptors (Lipinski definition) is 7. The van der Waals surface area contributed by atoms with Crippen LogP contribution in [0.1, 0.15) is 88.5 Å². The molecule has 0 spiro atoms. The second-order valence-electron chi connectivity index (χ2n) is 13.8. The normalized spacial score (nSPS) is 14.8. The van der Waals surface area contributed by atoms with E-state index in [0.29, 0.717) is 40.8 Å². The van der Waals surface area contributed by atoms with E-state index in [2.05, 4.69) is 34.8 Å². The molecule has 5 rings (SSSR count). The first kappa shape index (κ1) is 39.4. The topological polar surface area (TPSA) is 111 Å². The van der Waals surface area contributed by atoms with Gasteiger partial charge in [-0.15, -0.1) is 0 Å². The Kier molecular flexibility index (Phi) is 12.8. The van der Waals surface area contributed by atoms with Gasteiger partial charge in [-0.1, -0.05) is 86.1 Å². The molecule has 8 nitrogen and oxygen atoms in total. The van der Waals surface area contributed by atoms with Gasteiger partial charge < -0.3 is 24.6 Å². The summed E-state index contributed by atoms with van der Waals surface area (Å²) in [5.74, 6) is -0.526. The van der Waals surface area contributed by atoms with Gasteiger partial charge in [-0.2, -0.15) is 0 Å². The highest BCUT2D eigenvalue weighted by molar-refractivity contribution is 14.1. The summed E-state index contributed by atoms with van der Waals surface area (Å²) in [6.45, 7) is 8.32. The van der Waals surface area contributed by atoms with Crippen LogP contribution in [0.5, 0.6) is 23.0 Å². The predicted molar refractivity (Wildman–Crippen MR) is 211 cm³/mol. The maximum absolute atomic E-state index is 13.3. The first-order valence-corrected chi connectivity index (χ1v) is 19.2. The number of halogens is 3. The van der Waals surface area contributed by atoms with E-state index in [4.69, 9.17) is 37.4 Å². The lowest BCUT2D eigenvalue weighted by Gasteiger charge is -2.40. The summed E-state index contributed by atoms with van der Waals surface area (Å²) in [4.78, 5) is 38.7. The van der Waals surface area contributed by atoms with E-state index in [1.54, 1.807) is 63.2 Å². The number of esters is 1. The number of aryl methyl sites for hydroxylation is 1. The van der Waals surface area contributed by atoms with E-state index in [1.807, 2.05) is 24.3 Å². The Labute approximate surface area is 328 Å². The number of rotatable bonds is 14. The summed E-state index contributed by atoms with van der Waals surface area (Å²) >= 11 is 16.0. The fourth-order valence-electron chi connectivity index (χ4n) is 6.19. The van der Waals surface area contributed by atoms with Gasteiger partial charge in [-0.3, -0.25) is 14.4 Å². The van der Waals surface area contributed by atoms with Crippen LogP contribution >= 0.6 is 45.8 Å². The zero-order valence-electron chi connectivity index (χ0n) is 29.6. The van der Waals surface area contributed by atoms with Crippen molar-refractivity contribution in [3.8, 4) is 34.1 Å². The summed E-state index contributed by atoms with van der Waals surface area (Å²) in [5, 5.41) is 14.5. The maximum Gasteiger partial charge on any atom is 0.316 e. The van der Waals surface area contributed by atoms with Gasteiger partial charge in [0.1, 0.15) is 22.3 Å². The molecule has 274 valence electrons. The molecule has 0 bridgehead atoms. The number of carbonyl (C=O) groups is 3. The van der Waals surface area contributed by atoms with E-state index in [1.165, 1.54) is 6.42 Å². The van der Waals surface area contributed by atoms with Crippen LogP contribution in [0.25, 0.3) is 11.1 Å². The highest BCUT2D eigenvalue weighted by Crippen LogP contribution is 2.59. The average Bonchev–Trinajstić information content (AvgIpc) is 3.11. The Hall–Kier alpha value is -3.80. The third kappa shape index (κ3) is 8.37. The number of nitrogens with one attached hydrogen (secondary N) is 1. The lowest BCUT2D eigenvalue weighted by atomic mass is 9.76. The van der Waals surface area contributed by atoms with Gasteiger partial charge in [0.2, 0.25) is 5.91 Å². The summed E-state index contributed by atoms with van der Waals surface area (Å²) in [5.41, 5.74) is 0.101. The Morgan fingerprint density at radius 3 is 2.35 bits per heavy atom. The third-order valence-electron chi connectivity index (χ3n) is 9.00. The first-order chi connectivity index (χ1) is 24.8. The van der Waals surface area contributed by atoms with Crippen molar-refractivity contribution in [3.05, 3.63) is 103 Å². The van der Waals surface area contributed by atoms with Crippen molar-refractivity contribution in [2.45, 2.75) is 78.2 Å². The monoisotopic (exact) mass is 857 g/mol. The number of amides is 1. The number of hydrogen-bond donors (Lipinski definition) is 2. The number of unbranched alkanes of at least 4 members (excludes halogenated alkanes) is 4. The molecule has 11 heteroatoms. The Morgan fingerprint density at radius 1 is 0.962 bits per heavy atom. The second kappa shape index (κ2) is 16.9. The van der Waals surface area contributed by atoms with Crippen molar-refractivity contribution in [2.24, 2.45) is 5.41 Å². The van der Waals surface area contributed by atoms with Crippen LogP contribution in [-0.4, -0.2) is 30.0 Å². The highest BCUT2D eigenvalue weighted by Gasteiger charge is 2.49. The number of benzene rings is 4. The molecule has 4 aromatic rings. The van der Waals surface area contributed by atoms with Crippen molar-refractivity contribution in [1.29, 1.82) is 0 Å². The molecule has 2 N–H and O–H groups in total. The molecule has 1 amide bonds. The van der Waals surface area contributed by atoms with E-state index in [0.717, 1.165) is 34.8 Å². The zero-order chi connectivity index (χ0) is 37.6. The quantitative estimate of drug-likeness (QED) is 0.0427. The van der Waals surface area contributed by atoms with Crippen LogP contribution in [0.3, 0.4) is 0 Å². The van der Waals surface area contributed by atoms with Gasteiger partial charge in [-0.25, -0.2) is 0 Å². The minimum atomic E-state index is -1.75. The molecular formula is C41H42Cl2INO7. The van der Waals surface area contributed by atoms with Crippen LogP contribution < -0.4 is 14.8 Å². The molecule has 1 atom stereocenters. The Morgan fingerprint density at radius 2 is 1.67 bits per heavy atom. The number of fused-ring (bicyclic) bond motifs is 2. The van der Waals surface area contributed by atoms with Gasteiger partial charge in [0.05, 0.1) is 5.41 Å². The minimum absolute atomic E-state index is 0.0174. The van der Waals surface area contributed by atoms with Crippen molar-refractivity contribution in [2.75, 3.05) is 6.54 Å². The number of phenolic OH excluding ortho intramolecular Hbond substituents is 1. The van der Waals surface area contributed by atoms with E-state index in [-0.39, 0.29) is 51.8 Å². The van der Waals surface area contributed by atoms with Crippen LogP contribution in [0.4, 0.5) is 0 Å². The molecule has 0 aromatic heterocycles. The molecule has 1 heterocycles. The molecule has 0 radical (unpaired) electrons. The Balaban J connectivity index is 1.68. The average molecular weight is 859 g/mol. The van der Waals surface area contributed by atoms with E-state index >= 15 is 0 Å². The van der Waals surface area contributed by atoms with Crippen molar-refractivity contribution < 1.29 is 33.7 Å². The van der Waals surface area contributed by atoms with Crippen molar-refractivity contribution in [3.63, 3.8) is 0 Å². The molecule has 1 aliphatic rings. The molecule has 4 aromatic carbocycles. The number of carbonyl (C=O) groups excluding carboxylic acids is 3. The summed E-state index contributed by atoms with van der Waals surface area (Å²) < 4.78 is 19.6. The van der Waals surface area contributed by atoms with Crippen LogP contribution in [-0.2, 0) is 31.1 Å². The smallest absolute Gasteiger partial charge is 0.316 e. The zero-order valence-corrected chi connectivity index (χ0v) is 33.3. The van der Waals surface area contributed by atoms with Gasteiger partial charge in [0.25, 0.3) is 6.47 Å². The van der Waals surface area contributed by atoms with Crippen LogP contribution in [0.15, 0.2) is 66.7 Å². The van der Waals surface area contributed by atoms with E-state index in [9.17, 15) is 19.5 Å². The number of aromatic hydroxyl groups is 1. The largest absolute Gasteiger partial charge is 0.506 e. The Bertz CT molecular complexity index is 1960.